The summed E-state index contributed by atoms with van der Waals surface area (Å²) in [6.45, 7) is 0. The summed E-state index contributed by atoms with van der Waals surface area (Å²) < 4.78 is 0. The minimum atomic E-state index is -0.556. The van der Waals surface area contributed by atoms with Gasteiger partial charge < -0.3 is 10.2 Å². The van der Waals surface area contributed by atoms with Gasteiger partial charge in [0.2, 0.25) is 0 Å². The van der Waals surface area contributed by atoms with E-state index in [0.29, 0.717) is 0 Å². The molecule has 0 unspecified atom stereocenters. The van der Waals surface area contributed by atoms with Crippen LogP contribution in [0.3, 0.4) is 0 Å². The molecule has 1 aromatic heterocycles. The molecule has 1 aromatic carbocycles. The van der Waals surface area contributed by atoms with Crippen LogP contribution in [0, 0.1) is 0 Å². The fraction of sp³-hybridized carbons (Fsp3) is 0. The Hall–Kier alpha value is -0.606. The van der Waals surface area contributed by atoms with Crippen LogP contribution in [0.2, 0.25) is 0 Å². The molecule has 16 heavy (non-hydrogen) atoms. The molecule has 3 nitrogen and oxygen atoms in total. The number of rotatable bonds is 2. The molecule has 0 N–H and O–H groups in total. The van der Waals surface area contributed by atoms with E-state index < -0.39 is 17.0 Å². The SMILES string of the molecule is C(=Nc1ccccc1)c1ccn[n-]1.[Cl][Ti][Cl]. The quantitative estimate of drug-likeness (QED) is 0.629. The Bertz CT molecular complexity index is 403. The molecule has 0 saturated carbocycles. The van der Waals surface area contributed by atoms with E-state index in [1.165, 1.54) is 0 Å². The number of para-hydroxylation sites is 1. The van der Waals surface area contributed by atoms with E-state index in [2.05, 4.69) is 15.2 Å². The van der Waals surface area contributed by atoms with Gasteiger partial charge in [0.05, 0.1) is 5.69 Å². The van der Waals surface area contributed by atoms with Crippen molar-refractivity contribution in [3.05, 3.63) is 48.3 Å². The average molecular weight is 289 g/mol. The van der Waals surface area contributed by atoms with E-state index >= 15 is 0 Å². The van der Waals surface area contributed by atoms with E-state index in [4.69, 9.17) is 18.6 Å². The van der Waals surface area contributed by atoms with Crippen LogP contribution in [-0.2, 0) is 17.0 Å². The zero-order chi connectivity index (χ0) is 11.6. The molecule has 82 valence electrons. The van der Waals surface area contributed by atoms with Crippen molar-refractivity contribution in [2.24, 2.45) is 4.99 Å². The Balaban J connectivity index is 0.000000386. The number of aromatic nitrogens is 2. The first-order valence-corrected chi connectivity index (χ1v) is 8.66. The van der Waals surface area contributed by atoms with Crippen molar-refractivity contribution in [3.8, 4) is 0 Å². The average Bonchev–Trinajstić information content (AvgIpc) is 2.82. The number of hydrogen-bond acceptors (Lipinski definition) is 2. The van der Waals surface area contributed by atoms with Gasteiger partial charge >= 0.3 is 35.6 Å². The summed E-state index contributed by atoms with van der Waals surface area (Å²) in [7, 11) is 9.78. The van der Waals surface area contributed by atoms with Crippen LogP contribution < -0.4 is 5.10 Å². The summed E-state index contributed by atoms with van der Waals surface area (Å²) in [5.41, 5.74) is 1.70. The molecule has 0 radical (unpaired) electrons. The second-order valence-electron chi connectivity index (χ2n) is 2.62. The van der Waals surface area contributed by atoms with Gasteiger partial charge in [0, 0.05) is 12.4 Å². The summed E-state index contributed by atoms with van der Waals surface area (Å²) >= 11 is -0.556. The number of halogens is 2. The van der Waals surface area contributed by atoms with Crippen molar-refractivity contribution >= 4 is 30.5 Å². The third-order valence-electron chi connectivity index (χ3n) is 1.59. The first kappa shape index (κ1) is 13.5. The maximum absolute atomic E-state index is 4.89. The fourth-order valence-electron chi connectivity index (χ4n) is 0.967. The molecule has 0 saturated heterocycles. The van der Waals surface area contributed by atoms with Crippen LogP contribution in [0.4, 0.5) is 5.69 Å². The van der Waals surface area contributed by atoms with Gasteiger partial charge in [-0.1, -0.05) is 24.3 Å². The first-order chi connectivity index (χ1) is 7.86. The van der Waals surface area contributed by atoms with Gasteiger partial charge in [-0.25, -0.2) is 0 Å². The van der Waals surface area contributed by atoms with E-state index in [1.807, 2.05) is 36.4 Å². The molecule has 0 fully saturated rings. The molecule has 2 aromatic rings. The van der Waals surface area contributed by atoms with Gasteiger partial charge in [-0.05, 0) is 12.1 Å². The number of nitrogens with zero attached hydrogens (tertiary/aromatic N) is 3. The van der Waals surface area contributed by atoms with Gasteiger partial charge in [-0.3, -0.25) is 4.99 Å². The number of hydrogen-bond donors (Lipinski definition) is 0. The molecule has 0 amide bonds. The minimum absolute atomic E-state index is 0.556. The third-order valence-corrected chi connectivity index (χ3v) is 1.59. The molecule has 0 aliphatic carbocycles. The Morgan fingerprint density at radius 1 is 1.19 bits per heavy atom. The Kier molecular flexibility index (Phi) is 7.18. The Morgan fingerprint density at radius 2 is 1.88 bits per heavy atom. The molecule has 0 aliphatic rings. The van der Waals surface area contributed by atoms with Crippen molar-refractivity contribution in [1.29, 1.82) is 0 Å². The van der Waals surface area contributed by atoms with Gasteiger partial charge in [-0.15, -0.1) is 5.69 Å². The summed E-state index contributed by atoms with van der Waals surface area (Å²) in [6.07, 6.45) is 3.34. The zero-order valence-electron chi connectivity index (χ0n) is 8.22. The normalized spacial score (nSPS) is 9.62. The first-order valence-electron chi connectivity index (χ1n) is 4.36. The summed E-state index contributed by atoms with van der Waals surface area (Å²) in [5.74, 6) is 0. The molecule has 0 atom stereocenters. The standard InChI is InChI=1S/C10H8N3.2ClH.Ti/c1-2-4-9(5-3-1)11-8-10-6-7-12-13-10;;;/h1-8H;2*1H;/q-1;;;+2/p-2. The predicted octanol–water partition coefficient (Wildman–Crippen LogP) is 3.17. The Labute approximate surface area is 111 Å². The van der Waals surface area contributed by atoms with E-state index in [0.717, 1.165) is 11.4 Å². The molecule has 1 heterocycles. The van der Waals surface area contributed by atoms with Crippen molar-refractivity contribution in [2.75, 3.05) is 0 Å². The monoisotopic (exact) mass is 288 g/mol. The van der Waals surface area contributed by atoms with Crippen molar-refractivity contribution in [3.63, 3.8) is 0 Å². The molecular weight excluding hydrogens is 281 g/mol. The fourth-order valence-corrected chi connectivity index (χ4v) is 0.967. The van der Waals surface area contributed by atoms with Crippen LogP contribution in [0.25, 0.3) is 0 Å². The van der Waals surface area contributed by atoms with Crippen molar-refractivity contribution < 1.29 is 17.0 Å². The van der Waals surface area contributed by atoms with E-state index in [9.17, 15) is 0 Å². The number of benzene rings is 1. The topological polar surface area (TPSA) is 39.4 Å². The van der Waals surface area contributed by atoms with Gasteiger partial charge in [-0.2, -0.15) is 0 Å². The van der Waals surface area contributed by atoms with Gasteiger partial charge in [0.1, 0.15) is 0 Å². The predicted molar refractivity (Wildman–Crippen MR) is 63.0 cm³/mol. The molecular formula is C10H8Cl2N3Ti-. The van der Waals surface area contributed by atoms with Crippen LogP contribution in [0.15, 0.2) is 47.6 Å². The molecule has 2 rings (SSSR count). The van der Waals surface area contributed by atoms with E-state index in [-0.39, 0.29) is 0 Å². The Morgan fingerprint density at radius 3 is 2.44 bits per heavy atom. The summed E-state index contributed by atoms with van der Waals surface area (Å²) in [6, 6.07) is 11.5. The van der Waals surface area contributed by atoms with Gasteiger partial charge in [0.25, 0.3) is 0 Å². The van der Waals surface area contributed by atoms with Gasteiger partial charge in [0.15, 0.2) is 0 Å². The van der Waals surface area contributed by atoms with Crippen molar-refractivity contribution in [1.82, 2.24) is 10.2 Å². The summed E-state index contributed by atoms with van der Waals surface area (Å²) in [4.78, 5) is 4.22. The second-order valence-corrected chi connectivity index (χ2v) is 5.20. The maximum atomic E-state index is 4.89. The molecule has 0 spiro atoms. The molecule has 0 aliphatic heterocycles. The van der Waals surface area contributed by atoms with Crippen LogP contribution in [0.5, 0.6) is 0 Å². The third kappa shape index (κ3) is 5.47. The van der Waals surface area contributed by atoms with Crippen LogP contribution in [-0.4, -0.2) is 11.3 Å². The molecule has 0 bridgehead atoms. The number of aliphatic imine (C=N–C) groups is 1. The summed E-state index contributed by atoms with van der Waals surface area (Å²) in [5, 5.41) is 7.53. The van der Waals surface area contributed by atoms with Crippen LogP contribution >= 0.6 is 18.6 Å². The molecule has 6 heteroatoms. The van der Waals surface area contributed by atoms with E-state index in [1.54, 1.807) is 12.4 Å². The van der Waals surface area contributed by atoms with Crippen molar-refractivity contribution in [2.45, 2.75) is 0 Å². The second kappa shape index (κ2) is 8.54. The van der Waals surface area contributed by atoms with Crippen LogP contribution in [0.1, 0.15) is 5.69 Å². The zero-order valence-corrected chi connectivity index (χ0v) is 11.3.